The standard InChI is InChI=1S/C14H31FN2O6/c15-17-2-4-19-6-8-21-10-12-23-14-13-22-11-9-20-7-5-18-3-1-16/h17H,1-14,16H2. The largest absolute Gasteiger partial charge is 0.378 e. The molecule has 0 rings (SSSR count). The second kappa shape index (κ2) is 21.6. The van der Waals surface area contributed by atoms with Crippen molar-refractivity contribution in [2.45, 2.75) is 0 Å². The first kappa shape index (κ1) is 22.6. The normalized spacial score (nSPS) is 11.2. The van der Waals surface area contributed by atoms with Crippen LogP contribution in [-0.2, 0) is 28.4 Å². The third-order valence-corrected chi connectivity index (χ3v) is 2.46. The number of hydrogen-bond donors (Lipinski definition) is 2. The van der Waals surface area contributed by atoms with Gasteiger partial charge in [-0.1, -0.05) is 0 Å². The van der Waals surface area contributed by atoms with Crippen molar-refractivity contribution in [3.63, 3.8) is 0 Å². The summed E-state index contributed by atoms with van der Waals surface area (Å²) in [5.41, 5.74) is 6.79. The Kier molecular flexibility index (Phi) is 21.2. The van der Waals surface area contributed by atoms with Crippen LogP contribution in [0.5, 0.6) is 0 Å². The maximum Gasteiger partial charge on any atom is 0.0701 e. The first-order valence-electron chi connectivity index (χ1n) is 7.91. The van der Waals surface area contributed by atoms with Gasteiger partial charge in [-0.3, -0.25) is 0 Å². The van der Waals surface area contributed by atoms with E-state index < -0.39 is 0 Å². The van der Waals surface area contributed by atoms with Gasteiger partial charge in [-0.15, -0.1) is 4.48 Å². The smallest absolute Gasteiger partial charge is 0.0701 e. The van der Waals surface area contributed by atoms with E-state index in [1.165, 1.54) is 5.54 Å². The van der Waals surface area contributed by atoms with Gasteiger partial charge >= 0.3 is 0 Å². The van der Waals surface area contributed by atoms with Gasteiger partial charge in [0.15, 0.2) is 0 Å². The van der Waals surface area contributed by atoms with Gasteiger partial charge in [-0.2, -0.15) is 5.54 Å². The molecule has 0 unspecified atom stereocenters. The van der Waals surface area contributed by atoms with E-state index in [0.717, 1.165) is 0 Å². The molecule has 0 saturated carbocycles. The maximum atomic E-state index is 11.5. The molecule has 0 bridgehead atoms. The van der Waals surface area contributed by atoms with Crippen LogP contribution in [0.1, 0.15) is 0 Å². The molecule has 0 aliphatic carbocycles. The highest BCUT2D eigenvalue weighted by Crippen LogP contribution is 1.84. The van der Waals surface area contributed by atoms with Crippen molar-refractivity contribution in [1.29, 1.82) is 0 Å². The molecule has 0 heterocycles. The Labute approximate surface area is 137 Å². The summed E-state index contributed by atoms with van der Waals surface area (Å²) in [6, 6.07) is 0. The van der Waals surface area contributed by atoms with Gasteiger partial charge in [0.05, 0.1) is 79.3 Å². The summed E-state index contributed by atoms with van der Waals surface area (Å²) in [5, 5.41) is 0. The molecule has 9 heteroatoms. The van der Waals surface area contributed by atoms with Crippen LogP contribution >= 0.6 is 0 Å². The first-order valence-corrected chi connectivity index (χ1v) is 7.91. The number of nitrogens with two attached hydrogens (primary N) is 1. The Balaban J connectivity index is 2.92. The molecule has 140 valence electrons. The van der Waals surface area contributed by atoms with Crippen molar-refractivity contribution < 1.29 is 32.9 Å². The second-order valence-corrected chi connectivity index (χ2v) is 4.35. The van der Waals surface area contributed by atoms with E-state index in [-0.39, 0.29) is 6.54 Å². The molecule has 0 fully saturated rings. The molecular formula is C14H31FN2O6. The molecule has 0 amide bonds. The summed E-state index contributed by atoms with van der Waals surface area (Å²) in [5.74, 6) is 0. The fourth-order valence-corrected chi connectivity index (χ4v) is 1.40. The number of halogens is 1. The van der Waals surface area contributed by atoms with Gasteiger partial charge in [-0.05, 0) is 0 Å². The lowest BCUT2D eigenvalue weighted by atomic mass is 10.6. The molecule has 0 aromatic rings. The van der Waals surface area contributed by atoms with Crippen LogP contribution in [-0.4, -0.2) is 92.4 Å². The SMILES string of the molecule is NCCOCCOCCOCCOCCOCCOCCNF. The summed E-state index contributed by atoms with van der Waals surface area (Å²) in [7, 11) is 0. The lowest BCUT2D eigenvalue weighted by molar-refractivity contribution is -0.0165. The minimum atomic E-state index is 0.191. The topological polar surface area (TPSA) is 93.4 Å². The fourth-order valence-electron chi connectivity index (χ4n) is 1.40. The van der Waals surface area contributed by atoms with Crippen molar-refractivity contribution in [1.82, 2.24) is 5.54 Å². The van der Waals surface area contributed by atoms with E-state index in [4.69, 9.17) is 34.2 Å². The predicted octanol–water partition coefficient (Wildman–Crippen LogP) is -0.481. The number of ether oxygens (including phenoxy) is 6. The van der Waals surface area contributed by atoms with Crippen molar-refractivity contribution in [2.24, 2.45) is 5.73 Å². The number of rotatable bonds is 20. The minimum Gasteiger partial charge on any atom is -0.378 e. The van der Waals surface area contributed by atoms with Crippen LogP contribution in [0.2, 0.25) is 0 Å². The Hall–Kier alpha value is -0.390. The summed E-state index contributed by atoms with van der Waals surface area (Å²) in [6.45, 7) is 6.73. The quantitative estimate of drug-likeness (QED) is 0.226. The Bertz CT molecular complexity index is 198. The highest BCUT2D eigenvalue weighted by atomic mass is 19.2. The summed E-state index contributed by atoms with van der Waals surface area (Å²) < 4.78 is 43.0. The van der Waals surface area contributed by atoms with Gasteiger partial charge < -0.3 is 34.2 Å². The van der Waals surface area contributed by atoms with Gasteiger partial charge in [-0.25, -0.2) is 0 Å². The molecule has 8 nitrogen and oxygen atoms in total. The number of nitrogens with one attached hydrogen (secondary N) is 1. The molecular weight excluding hydrogens is 311 g/mol. The average Bonchev–Trinajstić information content (AvgIpc) is 2.57. The van der Waals surface area contributed by atoms with Gasteiger partial charge in [0.25, 0.3) is 0 Å². The van der Waals surface area contributed by atoms with Crippen LogP contribution in [0.3, 0.4) is 0 Å². The van der Waals surface area contributed by atoms with Crippen LogP contribution in [0.15, 0.2) is 0 Å². The Morgan fingerprint density at radius 1 is 0.522 bits per heavy atom. The summed E-state index contributed by atoms with van der Waals surface area (Å²) in [6.07, 6.45) is 0. The zero-order valence-electron chi connectivity index (χ0n) is 13.8. The third-order valence-electron chi connectivity index (χ3n) is 2.46. The number of hydrogen-bond acceptors (Lipinski definition) is 8. The van der Waals surface area contributed by atoms with Crippen molar-refractivity contribution in [3.05, 3.63) is 0 Å². The van der Waals surface area contributed by atoms with Crippen molar-refractivity contribution >= 4 is 0 Å². The summed E-state index contributed by atoms with van der Waals surface area (Å²) >= 11 is 0. The lowest BCUT2D eigenvalue weighted by Crippen LogP contribution is -2.16. The van der Waals surface area contributed by atoms with E-state index in [0.29, 0.717) is 85.8 Å². The maximum absolute atomic E-state index is 11.5. The molecule has 0 spiro atoms. The van der Waals surface area contributed by atoms with Crippen LogP contribution in [0.25, 0.3) is 0 Å². The van der Waals surface area contributed by atoms with Crippen molar-refractivity contribution in [3.8, 4) is 0 Å². The highest BCUT2D eigenvalue weighted by molar-refractivity contribution is 4.37. The van der Waals surface area contributed by atoms with Gasteiger partial charge in [0.1, 0.15) is 0 Å². The fraction of sp³-hybridized carbons (Fsp3) is 1.00. The molecule has 0 radical (unpaired) electrons. The zero-order chi connectivity index (χ0) is 16.8. The minimum absolute atomic E-state index is 0.191. The summed E-state index contributed by atoms with van der Waals surface area (Å²) in [4.78, 5) is 0. The van der Waals surface area contributed by atoms with E-state index >= 15 is 0 Å². The molecule has 23 heavy (non-hydrogen) atoms. The van der Waals surface area contributed by atoms with E-state index in [2.05, 4.69) is 0 Å². The zero-order valence-corrected chi connectivity index (χ0v) is 13.8. The monoisotopic (exact) mass is 342 g/mol. The molecule has 0 aromatic heterocycles. The van der Waals surface area contributed by atoms with Crippen molar-refractivity contribution in [2.75, 3.05) is 92.4 Å². The lowest BCUT2D eigenvalue weighted by Gasteiger charge is -2.08. The molecule has 0 aliphatic rings. The van der Waals surface area contributed by atoms with Crippen LogP contribution in [0, 0.1) is 0 Å². The Morgan fingerprint density at radius 2 is 0.826 bits per heavy atom. The molecule has 0 atom stereocenters. The van der Waals surface area contributed by atoms with Crippen LogP contribution in [0.4, 0.5) is 4.48 Å². The van der Waals surface area contributed by atoms with E-state index in [1.54, 1.807) is 0 Å². The van der Waals surface area contributed by atoms with Gasteiger partial charge in [0, 0.05) is 13.1 Å². The Morgan fingerprint density at radius 3 is 1.13 bits per heavy atom. The van der Waals surface area contributed by atoms with E-state index in [9.17, 15) is 4.48 Å². The third kappa shape index (κ3) is 21.6. The predicted molar refractivity (Wildman–Crippen MR) is 83.1 cm³/mol. The molecule has 3 N–H and O–H groups in total. The first-order chi connectivity index (χ1) is 11.4. The molecule has 0 aromatic carbocycles. The van der Waals surface area contributed by atoms with Gasteiger partial charge in [0.2, 0.25) is 0 Å². The molecule has 0 saturated heterocycles. The van der Waals surface area contributed by atoms with E-state index in [1.807, 2.05) is 0 Å². The second-order valence-electron chi connectivity index (χ2n) is 4.35. The molecule has 0 aliphatic heterocycles. The highest BCUT2D eigenvalue weighted by Gasteiger charge is 1.93. The van der Waals surface area contributed by atoms with Crippen LogP contribution < -0.4 is 11.3 Å². The average molecular weight is 342 g/mol.